The van der Waals surface area contributed by atoms with Crippen molar-refractivity contribution in [1.29, 1.82) is 0 Å². The Morgan fingerprint density at radius 3 is 2.85 bits per heavy atom. The number of nitrogens with one attached hydrogen (secondary N) is 1. The second-order valence-corrected chi connectivity index (χ2v) is 4.59. The van der Waals surface area contributed by atoms with E-state index < -0.39 is 11.9 Å². The Morgan fingerprint density at radius 1 is 1.55 bits per heavy atom. The van der Waals surface area contributed by atoms with Gasteiger partial charge in [-0.1, -0.05) is 17.7 Å². The van der Waals surface area contributed by atoms with E-state index in [1.165, 1.54) is 12.1 Å². The standard InChI is InChI=1S/C13H16ClFN4O/c1-3-19-13(11(20-2)7-17-19)12(18-16)9-5-4-8(15)6-10(9)14/h4-7,12,18H,3,16H2,1-2H3. The van der Waals surface area contributed by atoms with Gasteiger partial charge in [0.2, 0.25) is 0 Å². The van der Waals surface area contributed by atoms with Crippen LogP contribution in [0.2, 0.25) is 5.02 Å². The molecule has 5 nitrogen and oxygen atoms in total. The van der Waals surface area contributed by atoms with E-state index in [4.69, 9.17) is 22.2 Å². The number of aromatic nitrogens is 2. The minimum Gasteiger partial charge on any atom is -0.493 e. The van der Waals surface area contributed by atoms with Crippen LogP contribution in [0.25, 0.3) is 0 Å². The summed E-state index contributed by atoms with van der Waals surface area (Å²) >= 11 is 6.10. The highest BCUT2D eigenvalue weighted by Gasteiger charge is 2.24. The van der Waals surface area contributed by atoms with Crippen molar-refractivity contribution in [3.8, 4) is 5.75 Å². The highest BCUT2D eigenvalue weighted by molar-refractivity contribution is 6.31. The number of methoxy groups -OCH3 is 1. The Labute approximate surface area is 121 Å². The average molecular weight is 299 g/mol. The van der Waals surface area contributed by atoms with Crippen LogP contribution in [0.15, 0.2) is 24.4 Å². The number of halogens is 2. The summed E-state index contributed by atoms with van der Waals surface area (Å²) in [5.74, 6) is 5.85. The number of nitrogens with zero attached hydrogens (tertiary/aromatic N) is 2. The summed E-state index contributed by atoms with van der Waals surface area (Å²) in [4.78, 5) is 0. The summed E-state index contributed by atoms with van der Waals surface area (Å²) in [6.07, 6.45) is 1.61. The van der Waals surface area contributed by atoms with E-state index in [1.807, 2.05) is 6.92 Å². The minimum atomic E-state index is -0.444. The molecule has 1 aromatic carbocycles. The number of hydrazine groups is 1. The molecule has 1 unspecified atom stereocenters. The molecule has 0 fully saturated rings. The molecule has 108 valence electrons. The molecule has 0 saturated carbocycles. The molecule has 0 spiro atoms. The largest absolute Gasteiger partial charge is 0.493 e. The van der Waals surface area contributed by atoms with E-state index in [1.54, 1.807) is 24.1 Å². The van der Waals surface area contributed by atoms with Crippen LogP contribution in [-0.2, 0) is 6.54 Å². The second kappa shape index (κ2) is 6.21. The fourth-order valence-electron chi connectivity index (χ4n) is 2.13. The summed E-state index contributed by atoms with van der Waals surface area (Å²) in [5, 5.41) is 4.52. The van der Waals surface area contributed by atoms with Crippen LogP contribution in [-0.4, -0.2) is 16.9 Å². The summed E-state index contributed by atoms with van der Waals surface area (Å²) in [6.45, 7) is 2.60. The molecule has 1 atom stereocenters. The molecule has 20 heavy (non-hydrogen) atoms. The molecule has 0 amide bonds. The lowest BCUT2D eigenvalue weighted by Crippen LogP contribution is -2.31. The first-order valence-electron chi connectivity index (χ1n) is 6.13. The maximum Gasteiger partial charge on any atom is 0.161 e. The summed E-state index contributed by atoms with van der Waals surface area (Å²) in [5.41, 5.74) is 4.08. The van der Waals surface area contributed by atoms with Crippen molar-refractivity contribution < 1.29 is 9.13 Å². The third-order valence-corrected chi connectivity index (χ3v) is 3.41. The number of benzene rings is 1. The molecule has 0 aliphatic rings. The molecule has 0 saturated heterocycles. The van der Waals surface area contributed by atoms with Crippen LogP contribution in [0.1, 0.15) is 24.2 Å². The van der Waals surface area contributed by atoms with Gasteiger partial charge in [-0.2, -0.15) is 5.10 Å². The molecule has 0 bridgehead atoms. The fourth-order valence-corrected chi connectivity index (χ4v) is 2.41. The lowest BCUT2D eigenvalue weighted by Gasteiger charge is -2.20. The monoisotopic (exact) mass is 298 g/mol. The fraction of sp³-hybridized carbons (Fsp3) is 0.308. The van der Waals surface area contributed by atoms with Crippen molar-refractivity contribution in [3.63, 3.8) is 0 Å². The minimum absolute atomic E-state index is 0.291. The van der Waals surface area contributed by atoms with Gasteiger partial charge in [0.05, 0.1) is 19.3 Å². The van der Waals surface area contributed by atoms with Gasteiger partial charge in [-0.3, -0.25) is 10.5 Å². The number of ether oxygens (including phenoxy) is 1. The van der Waals surface area contributed by atoms with Crippen molar-refractivity contribution in [1.82, 2.24) is 15.2 Å². The van der Waals surface area contributed by atoms with Crippen molar-refractivity contribution >= 4 is 11.6 Å². The maximum atomic E-state index is 13.2. The molecule has 3 N–H and O–H groups in total. The molecule has 1 aromatic heterocycles. The van der Waals surface area contributed by atoms with Crippen LogP contribution in [0.4, 0.5) is 4.39 Å². The topological polar surface area (TPSA) is 65.1 Å². The predicted octanol–water partition coefficient (Wildman–Crippen LogP) is 2.26. The number of nitrogens with two attached hydrogens (primary N) is 1. The van der Waals surface area contributed by atoms with Gasteiger partial charge >= 0.3 is 0 Å². The number of hydrogen-bond donors (Lipinski definition) is 2. The van der Waals surface area contributed by atoms with Gasteiger partial charge in [-0.15, -0.1) is 0 Å². The van der Waals surface area contributed by atoms with E-state index in [9.17, 15) is 4.39 Å². The predicted molar refractivity (Wildman–Crippen MR) is 75.0 cm³/mol. The number of aryl methyl sites for hydroxylation is 1. The van der Waals surface area contributed by atoms with Crippen LogP contribution in [0.5, 0.6) is 5.75 Å². The summed E-state index contributed by atoms with van der Waals surface area (Å²) in [7, 11) is 1.56. The number of rotatable bonds is 5. The van der Waals surface area contributed by atoms with Crippen LogP contribution in [0.3, 0.4) is 0 Å². The summed E-state index contributed by atoms with van der Waals surface area (Å²) in [6, 6.07) is 3.74. The molecular formula is C13H16ClFN4O. The molecule has 0 radical (unpaired) electrons. The zero-order chi connectivity index (χ0) is 14.7. The smallest absolute Gasteiger partial charge is 0.161 e. The molecule has 0 aliphatic carbocycles. The Morgan fingerprint density at radius 2 is 2.30 bits per heavy atom. The van der Waals surface area contributed by atoms with Crippen molar-refractivity contribution in [2.45, 2.75) is 19.5 Å². The Hall–Kier alpha value is -1.63. The zero-order valence-electron chi connectivity index (χ0n) is 11.2. The zero-order valence-corrected chi connectivity index (χ0v) is 12.0. The van der Waals surface area contributed by atoms with Crippen molar-refractivity contribution in [2.24, 2.45) is 5.84 Å². The maximum absolute atomic E-state index is 13.2. The highest BCUT2D eigenvalue weighted by Crippen LogP contribution is 2.33. The van der Waals surface area contributed by atoms with Gasteiger partial charge in [0.15, 0.2) is 5.75 Å². The van der Waals surface area contributed by atoms with Crippen LogP contribution < -0.4 is 16.0 Å². The summed E-state index contributed by atoms with van der Waals surface area (Å²) < 4.78 is 20.2. The quantitative estimate of drug-likeness (QED) is 0.656. The molecular weight excluding hydrogens is 283 g/mol. The SMILES string of the molecule is CCn1ncc(OC)c1C(NN)c1ccc(F)cc1Cl. The Bertz CT molecular complexity index is 581. The molecule has 7 heteroatoms. The van der Waals surface area contributed by atoms with Gasteiger partial charge in [0.1, 0.15) is 11.5 Å². The van der Waals surface area contributed by atoms with E-state index in [-0.39, 0.29) is 0 Å². The third kappa shape index (κ3) is 2.63. The van der Waals surface area contributed by atoms with E-state index in [2.05, 4.69) is 10.5 Å². The van der Waals surface area contributed by atoms with E-state index in [0.29, 0.717) is 22.9 Å². The number of hydrogen-bond acceptors (Lipinski definition) is 4. The van der Waals surface area contributed by atoms with Gasteiger partial charge < -0.3 is 4.74 Å². The second-order valence-electron chi connectivity index (χ2n) is 4.18. The molecule has 0 aliphatic heterocycles. The Kier molecular flexibility index (Phi) is 4.59. The first kappa shape index (κ1) is 14.8. The van der Waals surface area contributed by atoms with E-state index >= 15 is 0 Å². The first-order valence-corrected chi connectivity index (χ1v) is 6.50. The van der Waals surface area contributed by atoms with E-state index in [0.717, 1.165) is 5.69 Å². The lowest BCUT2D eigenvalue weighted by molar-refractivity contribution is 0.399. The van der Waals surface area contributed by atoms with Gasteiger partial charge in [0, 0.05) is 11.6 Å². The Balaban J connectivity index is 2.54. The van der Waals surface area contributed by atoms with Crippen LogP contribution in [0, 0.1) is 5.82 Å². The average Bonchev–Trinajstić information content (AvgIpc) is 2.85. The third-order valence-electron chi connectivity index (χ3n) is 3.08. The highest BCUT2D eigenvalue weighted by atomic mass is 35.5. The van der Waals surface area contributed by atoms with Gasteiger partial charge in [-0.05, 0) is 24.6 Å². The first-order chi connectivity index (χ1) is 9.62. The normalized spacial score (nSPS) is 12.4. The van der Waals surface area contributed by atoms with Gasteiger partial charge in [-0.25, -0.2) is 9.82 Å². The van der Waals surface area contributed by atoms with Gasteiger partial charge in [0.25, 0.3) is 0 Å². The lowest BCUT2D eigenvalue weighted by atomic mass is 10.0. The molecule has 2 aromatic rings. The van der Waals surface area contributed by atoms with Crippen molar-refractivity contribution in [3.05, 3.63) is 46.5 Å². The van der Waals surface area contributed by atoms with Crippen LogP contribution >= 0.6 is 11.6 Å². The molecule has 1 heterocycles. The van der Waals surface area contributed by atoms with Crippen molar-refractivity contribution in [2.75, 3.05) is 7.11 Å². The molecule has 2 rings (SSSR count).